The van der Waals surface area contributed by atoms with Gasteiger partial charge in [-0.15, -0.1) is 0 Å². The van der Waals surface area contributed by atoms with Crippen molar-refractivity contribution >= 4 is 33.8 Å². The van der Waals surface area contributed by atoms with Crippen molar-refractivity contribution in [1.82, 2.24) is 20.7 Å². The second-order valence-electron chi connectivity index (χ2n) is 13.9. The number of likely N-dealkylation sites (tertiary alicyclic amines) is 1. The van der Waals surface area contributed by atoms with Crippen LogP contribution in [0.25, 0.3) is 0 Å². The van der Waals surface area contributed by atoms with Crippen LogP contribution in [0.15, 0.2) is 83.3 Å². The van der Waals surface area contributed by atoms with Gasteiger partial charge in [-0.3, -0.25) is 15.0 Å². The number of β-amino-alcohol motifs (C(OH)–C–C–N with tert-alkyl or cyclic N) is 1. The molecule has 0 saturated carbocycles. The molecule has 0 aromatic heterocycles. The van der Waals surface area contributed by atoms with Crippen LogP contribution in [-0.4, -0.2) is 76.5 Å². The summed E-state index contributed by atoms with van der Waals surface area (Å²) in [7, 11) is 1.25. The Morgan fingerprint density at radius 1 is 1.02 bits per heavy atom. The van der Waals surface area contributed by atoms with Crippen molar-refractivity contribution in [3.63, 3.8) is 0 Å². The Morgan fingerprint density at radius 3 is 2.35 bits per heavy atom. The number of amides is 3. The number of fused-ring (bicyclic) bond motifs is 1. The lowest BCUT2D eigenvalue weighted by molar-refractivity contribution is -0.142. The molecule has 1 heterocycles. The average molecular weight is 722 g/mol. The van der Waals surface area contributed by atoms with Crippen LogP contribution in [0.3, 0.4) is 0 Å². The van der Waals surface area contributed by atoms with Gasteiger partial charge in [0.15, 0.2) is 0 Å². The second kappa shape index (κ2) is 14.8. The number of methoxy groups -OCH3 is 1. The molecule has 4 N–H and O–H groups in total. The Bertz CT molecular complexity index is 1600. The molecule has 0 bridgehead atoms. The normalized spacial score (nSPS) is 22.8. The van der Waals surface area contributed by atoms with E-state index in [1.165, 1.54) is 7.11 Å². The number of halogens is 1. The summed E-state index contributed by atoms with van der Waals surface area (Å²) in [6.45, 7) is 6.13. The van der Waals surface area contributed by atoms with Gasteiger partial charge in [-0.1, -0.05) is 103 Å². The summed E-state index contributed by atoms with van der Waals surface area (Å²) in [5.74, 6) is -0.665. The van der Waals surface area contributed by atoms with Crippen LogP contribution in [0.2, 0.25) is 0 Å². The number of aliphatic hydroxyl groups excluding tert-OH is 2. The molecule has 1 fully saturated rings. The van der Waals surface area contributed by atoms with E-state index >= 15 is 0 Å². The molecule has 3 aromatic rings. The molecule has 11 heteroatoms. The molecule has 0 spiro atoms. The molecule has 1 unspecified atom stereocenters. The van der Waals surface area contributed by atoms with Crippen LogP contribution in [0.5, 0.6) is 0 Å². The maximum atomic E-state index is 14.7. The van der Waals surface area contributed by atoms with Gasteiger partial charge in [-0.25, -0.2) is 9.80 Å². The van der Waals surface area contributed by atoms with Gasteiger partial charge in [0.1, 0.15) is 6.04 Å². The van der Waals surface area contributed by atoms with Gasteiger partial charge in [0, 0.05) is 30.5 Å². The van der Waals surface area contributed by atoms with Gasteiger partial charge in [-0.2, -0.15) is 0 Å². The molecule has 1 saturated heterocycles. The molecule has 5 rings (SSSR count). The van der Waals surface area contributed by atoms with Gasteiger partial charge in [0.05, 0.1) is 30.8 Å². The predicted octanol–water partition coefficient (Wildman–Crippen LogP) is 4.53. The van der Waals surface area contributed by atoms with Crippen LogP contribution in [0.1, 0.15) is 55.5 Å². The molecule has 3 amide bonds. The Morgan fingerprint density at radius 2 is 1.69 bits per heavy atom. The summed E-state index contributed by atoms with van der Waals surface area (Å²) >= 11 is 3.47. The largest absolute Gasteiger partial charge is 0.453 e. The third-order valence-electron chi connectivity index (χ3n) is 9.52. The maximum Gasteiger partial charge on any atom is 0.407 e. The van der Waals surface area contributed by atoms with Crippen LogP contribution >= 0.6 is 15.9 Å². The number of hydrogen-bond donors (Lipinski definition) is 4. The number of nitrogens with zero attached hydrogens (tertiary/aromatic N) is 2. The lowest BCUT2D eigenvalue weighted by Crippen LogP contribution is -2.57. The number of carbonyl (C=O) groups is 3. The molecule has 0 radical (unpaired) electrons. The molecule has 2 aliphatic rings. The van der Waals surface area contributed by atoms with Crippen LogP contribution in [-0.2, 0) is 33.7 Å². The van der Waals surface area contributed by atoms with Crippen molar-refractivity contribution in [3.8, 4) is 0 Å². The zero-order chi connectivity index (χ0) is 34.6. The van der Waals surface area contributed by atoms with Crippen molar-refractivity contribution in [2.45, 2.75) is 70.9 Å². The van der Waals surface area contributed by atoms with Crippen LogP contribution < -0.4 is 10.7 Å². The van der Waals surface area contributed by atoms with Gasteiger partial charge in [0.2, 0.25) is 5.91 Å². The summed E-state index contributed by atoms with van der Waals surface area (Å²) < 4.78 is 5.70. The topological polar surface area (TPSA) is 131 Å². The highest BCUT2D eigenvalue weighted by Crippen LogP contribution is 2.46. The zero-order valence-corrected chi connectivity index (χ0v) is 29.4. The number of alkyl carbamates (subject to hydrolysis) is 1. The van der Waals surface area contributed by atoms with E-state index in [-0.39, 0.29) is 31.8 Å². The summed E-state index contributed by atoms with van der Waals surface area (Å²) in [5, 5.41) is 27.4. The lowest BCUT2D eigenvalue weighted by atomic mass is 9.75. The molecule has 48 heavy (non-hydrogen) atoms. The highest BCUT2D eigenvalue weighted by Gasteiger charge is 2.56. The highest BCUT2D eigenvalue weighted by atomic mass is 79.9. The third kappa shape index (κ3) is 7.75. The summed E-state index contributed by atoms with van der Waals surface area (Å²) in [6.07, 6.45) is -1.60. The van der Waals surface area contributed by atoms with E-state index in [9.17, 15) is 24.6 Å². The van der Waals surface area contributed by atoms with E-state index in [4.69, 9.17) is 4.74 Å². The van der Waals surface area contributed by atoms with Gasteiger partial charge in [0.25, 0.3) is 5.91 Å². The number of aliphatic hydroxyl groups is 2. The van der Waals surface area contributed by atoms with E-state index < -0.39 is 47.1 Å². The molecule has 256 valence electrons. The summed E-state index contributed by atoms with van der Waals surface area (Å²) in [4.78, 5) is 42.3. The predicted molar refractivity (Wildman–Crippen MR) is 185 cm³/mol. The molecule has 1 aliphatic heterocycles. The van der Waals surface area contributed by atoms with Gasteiger partial charge < -0.3 is 25.2 Å². The van der Waals surface area contributed by atoms with E-state index in [1.807, 2.05) is 99.6 Å². The fourth-order valence-corrected chi connectivity index (χ4v) is 7.21. The molecule has 1 aliphatic carbocycles. The third-order valence-corrected chi connectivity index (χ3v) is 10.0. The van der Waals surface area contributed by atoms with E-state index in [0.29, 0.717) is 13.0 Å². The van der Waals surface area contributed by atoms with Crippen molar-refractivity contribution in [2.75, 3.05) is 20.2 Å². The van der Waals surface area contributed by atoms with Gasteiger partial charge in [-0.05, 0) is 52.6 Å². The van der Waals surface area contributed by atoms with Crippen LogP contribution in [0, 0.1) is 10.8 Å². The number of benzene rings is 3. The van der Waals surface area contributed by atoms with E-state index in [1.54, 1.807) is 9.91 Å². The van der Waals surface area contributed by atoms with E-state index in [2.05, 4.69) is 26.7 Å². The summed E-state index contributed by atoms with van der Waals surface area (Å²) in [6, 6.07) is 23.6. The monoisotopic (exact) mass is 720 g/mol. The standard InChI is InChI=1S/C37H45BrN4O6/c1-36(2,3)32(39-35(47)48-4)33(45)40-41(22-25-14-16-27(38)17-15-25)19-18-37(21-24-10-6-5-7-11-24)30(44)23-42(34(37)46)31-28-13-9-8-12-26(28)20-29(31)43/h5-17,29-32,43-44H,18-23H2,1-4H3,(H,39,47)(H,40,45)/t29-,30-,31?,32-,37+/m1/s1. The van der Waals surface area contributed by atoms with Crippen molar-refractivity contribution in [3.05, 3.63) is 106 Å². The number of hydrogen-bond acceptors (Lipinski definition) is 7. The van der Waals surface area contributed by atoms with E-state index in [0.717, 1.165) is 26.7 Å². The SMILES string of the molecule is COC(=O)N[C@H](C(=O)NN(CC[C@@]1(Cc2ccccc2)C(=O)N(C2c3ccccc3C[C@H]2O)C[C@H]1O)Cc1ccc(Br)cc1)C(C)(C)C. The maximum absolute atomic E-state index is 14.7. The highest BCUT2D eigenvalue weighted by molar-refractivity contribution is 9.10. The molecule has 5 atom stereocenters. The van der Waals surface area contributed by atoms with Crippen molar-refractivity contribution in [1.29, 1.82) is 0 Å². The number of nitrogens with one attached hydrogen (secondary N) is 2. The Kier molecular flexibility index (Phi) is 10.9. The minimum absolute atomic E-state index is 0.0793. The number of ether oxygens (including phenoxy) is 1. The Labute approximate surface area is 290 Å². The quantitative estimate of drug-likeness (QED) is 0.214. The number of carbonyl (C=O) groups excluding carboxylic acids is 3. The fraction of sp³-hybridized carbons (Fsp3) is 0.432. The Balaban J connectivity index is 1.46. The minimum Gasteiger partial charge on any atom is -0.453 e. The molecular formula is C37H45BrN4O6. The first kappa shape index (κ1) is 35.5. The fourth-order valence-electron chi connectivity index (χ4n) is 6.95. The smallest absolute Gasteiger partial charge is 0.407 e. The Hall–Kier alpha value is -3.77. The first-order valence-corrected chi connectivity index (χ1v) is 17.0. The zero-order valence-electron chi connectivity index (χ0n) is 27.9. The first-order chi connectivity index (χ1) is 22.8. The number of hydrazine groups is 1. The summed E-state index contributed by atoms with van der Waals surface area (Å²) in [5.41, 5.74) is 4.84. The van der Waals surface area contributed by atoms with Gasteiger partial charge >= 0.3 is 6.09 Å². The number of rotatable bonds is 11. The average Bonchev–Trinajstić information content (AvgIpc) is 3.50. The first-order valence-electron chi connectivity index (χ1n) is 16.3. The lowest BCUT2D eigenvalue weighted by Gasteiger charge is -2.36. The molecular weight excluding hydrogens is 676 g/mol. The molecule has 3 aromatic carbocycles. The van der Waals surface area contributed by atoms with Crippen molar-refractivity contribution in [2.24, 2.45) is 10.8 Å². The molecule has 10 nitrogen and oxygen atoms in total. The van der Waals surface area contributed by atoms with Crippen LogP contribution in [0.4, 0.5) is 4.79 Å². The van der Waals surface area contributed by atoms with Crippen molar-refractivity contribution < 1.29 is 29.3 Å². The second-order valence-corrected chi connectivity index (χ2v) is 14.8. The minimum atomic E-state index is -1.23.